The summed E-state index contributed by atoms with van der Waals surface area (Å²) in [6.07, 6.45) is 4.21. The Bertz CT molecular complexity index is 747. The minimum absolute atomic E-state index is 0.0321. The topological polar surface area (TPSA) is 75.7 Å². The molecule has 0 aromatic heterocycles. The number of fused-ring (bicyclic) bond motifs is 1. The average molecular weight is 374 g/mol. The number of thioether (sulfide) groups is 1. The Hall–Kier alpha value is -2.28. The smallest absolute Gasteiger partial charge is 0.333 e. The van der Waals surface area contributed by atoms with Crippen molar-refractivity contribution in [3.8, 4) is 0 Å². The van der Waals surface area contributed by atoms with Crippen LogP contribution in [0.15, 0.2) is 35.4 Å². The third-order valence-electron chi connectivity index (χ3n) is 4.44. The summed E-state index contributed by atoms with van der Waals surface area (Å²) < 4.78 is 4.89. The molecule has 1 saturated heterocycles. The first kappa shape index (κ1) is 18.5. The van der Waals surface area contributed by atoms with Crippen molar-refractivity contribution >= 4 is 29.5 Å². The number of amides is 2. The van der Waals surface area contributed by atoms with Crippen LogP contribution in [0.25, 0.3) is 0 Å². The third kappa shape index (κ3) is 4.27. The Labute approximate surface area is 157 Å². The second-order valence-electron chi connectivity index (χ2n) is 6.21. The Balaban J connectivity index is 1.66. The van der Waals surface area contributed by atoms with Crippen LogP contribution in [-0.4, -0.2) is 41.6 Å². The molecule has 6 nitrogen and oxygen atoms in total. The zero-order valence-electron chi connectivity index (χ0n) is 14.7. The number of ether oxygens (including phenoxy) is 1. The Morgan fingerprint density at radius 2 is 2.19 bits per heavy atom. The van der Waals surface area contributed by atoms with Crippen molar-refractivity contribution in [2.24, 2.45) is 0 Å². The zero-order chi connectivity index (χ0) is 18.5. The van der Waals surface area contributed by atoms with E-state index in [-0.39, 0.29) is 36.8 Å². The number of esters is 1. The van der Waals surface area contributed by atoms with Crippen LogP contribution >= 0.6 is 11.8 Å². The molecule has 1 heterocycles. The van der Waals surface area contributed by atoms with Gasteiger partial charge in [0.2, 0.25) is 11.8 Å². The molecule has 0 saturated carbocycles. The summed E-state index contributed by atoms with van der Waals surface area (Å²) >= 11 is 1.25. The molecular formula is C19H22N2O4S. The van der Waals surface area contributed by atoms with Crippen LogP contribution < -0.4 is 5.32 Å². The Morgan fingerprint density at radius 1 is 1.38 bits per heavy atom. The fourth-order valence-corrected chi connectivity index (χ4v) is 4.20. The zero-order valence-corrected chi connectivity index (χ0v) is 15.5. The largest absolute Gasteiger partial charge is 0.463 e. The van der Waals surface area contributed by atoms with Gasteiger partial charge in [-0.05, 0) is 37.3 Å². The molecule has 0 bridgehead atoms. The number of rotatable bonds is 5. The summed E-state index contributed by atoms with van der Waals surface area (Å²) in [4.78, 5) is 37.6. The molecule has 3 rings (SSSR count). The number of carbonyl (C=O) groups excluding carboxylic acids is 3. The lowest BCUT2D eigenvalue weighted by Crippen LogP contribution is -2.40. The summed E-state index contributed by atoms with van der Waals surface area (Å²) in [6.45, 7) is 1.90. The highest BCUT2D eigenvalue weighted by Crippen LogP contribution is 2.31. The standard InChI is InChI=1S/C19H22N2O4S/c1-2-25-19(24)10-18-21(17(23)12-26-18)11-16(22)20-15-9-5-7-13-6-3-4-8-14(13)15/h3-4,6,8,10,15H,2,5,7,9,11-12H2,1H3,(H,20,22). The van der Waals surface area contributed by atoms with Gasteiger partial charge in [0.15, 0.2) is 0 Å². The predicted molar refractivity (Wildman–Crippen MR) is 99.2 cm³/mol. The molecule has 2 amide bonds. The van der Waals surface area contributed by atoms with Gasteiger partial charge in [0, 0.05) is 0 Å². The van der Waals surface area contributed by atoms with Crippen LogP contribution in [0.2, 0.25) is 0 Å². The lowest BCUT2D eigenvalue weighted by atomic mass is 9.88. The van der Waals surface area contributed by atoms with Crippen molar-refractivity contribution in [1.82, 2.24) is 10.2 Å². The number of hydrogen-bond acceptors (Lipinski definition) is 5. The molecule has 26 heavy (non-hydrogen) atoms. The SMILES string of the molecule is CCOC(=O)C=C1SCC(=O)N1CC(=O)NC1CCCc2ccccc21. The van der Waals surface area contributed by atoms with Crippen molar-refractivity contribution in [2.45, 2.75) is 32.2 Å². The molecular weight excluding hydrogens is 352 g/mol. The van der Waals surface area contributed by atoms with Gasteiger partial charge in [-0.15, -0.1) is 0 Å². The van der Waals surface area contributed by atoms with Crippen molar-refractivity contribution in [1.29, 1.82) is 0 Å². The lowest BCUT2D eigenvalue weighted by molar-refractivity contribution is -0.137. The molecule has 7 heteroatoms. The van der Waals surface area contributed by atoms with E-state index in [2.05, 4.69) is 11.4 Å². The van der Waals surface area contributed by atoms with Crippen LogP contribution in [0, 0.1) is 0 Å². The maximum atomic E-state index is 12.5. The highest BCUT2D eigenvalue weighted by molar-refractivity contribution is 8.04. The second-order valence-corrected chi connectivity index (χ2v) is 7.21. The Morgan fingerprint density at radius 3 is 3.00 bits per heavy atom. The van der Waals surface area contributed by atoms with E-state index in [1.54, 1.807) is 6.92 Å². The van der Waals surface area contributed by atoms with E-state index in [1.165, 1.54) is 28.3 Å². The monoisotopic (exact) mass is 374 g/mol. The van der Waals surface area contributed by atoms with Gasteiger partial charge in [-0.1, -0.05) is 36.0 Å². The molecule has 1 aromatic carbocycles. The maximum absolute atomic E-state index is 12.5. The van der Waals surface area contributed by atoms with Crippen LogP contribution in [0.5, 0.6) is 0 Å². The molecule has 1 aliphatic carbocycles. The predicted octanol–water partition coefficient (Wildman–Crippen LogP) is 2.16. The van der Waals surface area contributed by atoms with E-state index in [9.17, 15) is 14.4 Å². The minimum atomic E-state index is -0.503. The average Bonchev–Trinajstić information content (AvgIpc) is 2.95. The van der Waals surface area contributed by atoms with Crippen molar-refractivity contribution in [3.63, 3.8) is 0 Å². The first-order valence-corrected chi connectivity index (χ1v) is 9.76. The van der Waals surface area contributed by atoms with E-state index >= 15 is 0 Å². The van der Waals surface area contributed by atoms with Crippen LogP contribution in [0.3, 0.4) is 0 Å². The number of aryl methyl sites for hydroxylation is 1. The van der Waals surface area contributed by atoms with Gasteiger partial charge in [0.05, 0.1) is 29.5 Å². The molecule has 1 fully saturated rings. The summed E-state index contributed by atoms with van der Waals surface area (Å²) in [6, 6.07) is 8.09. The molecule has 0 radical (unpaired) electrons. The number of nitrogens with zero attached hydrogens (tertiary/aromatic N) is 1. The minimum Gasteiger partial charge on any atom is -0.463 e. The summed E-state index contributed by atoms with van der Waals surface area (Å²) in [5.41, 5.74) is 2.41. The molecule has 0 spiro atoms. The van der Waals surface area contributed by atoms with Crippen molar-refractivity contribution in [2.75, 3.05) is 18.9 Å². The van der Waals surface area contributed by atoms with E-state index in [0.717, 1.165) is 24.8 Å². The number of benzene rings is 1. The first-order chi connectivity index (χ1) is 12.6. The first-order valence-electron chi connectivity index (χ1n) is 8.77. The quantitative estimate of drug-likeness (QED) is 0.631. The van der Waals surface area contributed by atoms with Gasteiger partial charge in [0.25, 0.3) is 0 Å². The number of hydrogen-bond donors (Lipinski definition) is 1. The molecule has 1 N–H and O–H groups in total. The Kier molecular flexibility index (Phi) is 5.98. The lowest BCUT2D eigenvalue weighted by Gasteiger charge is -2.27. The van der Waals surface area contributed by atoms with Crippen molar-refractivity contribution < 1.29 is 19.1 Å². The molecule has 1 atom stereocenters. The van der Waals surface area contributed by atoms with E-state index in [1.807, 2.05) is 18.2 Å². The number of nitrogens with one attached hydrogen (secondary N) is 1. The van der Waals surface area contributed by atoms with Gasteiger partial charge in [-0.3, -0.25) is 14.5 Å². The van der Waals surface area contributed by atoms with Gasteiger partial charge >= 0.3 is 5.97 Å². The molecule has 1 aromatic rings. The third-order valence-corrected chi connectivity index (χ3v) is 5.47. The summed E-state index contributed by atoms with van der Waals surface area (Å²) in [7, 11) is 0. The summed E-state index contributed by atoms with van der Waals surface area (Å²) in [5, 5.41) is 3.50. The number of carbonyl (C=O) groups is 3. The van der Waals surface area contributed by atoms with Crippen molar-refractivity contribution in [3.05, 3.63) is 46.5 Å². The highest BCUT2D eigenvalue weighted by atomic mass is 32.2. The maximum Gasteiger partial charge on any atom is 0.333 e. The van der Waals surface area contributed by atoms with E-state index in [0.29, 0.717) is 5.03 Å². The second kappa shape index (κ2) is 8.40. The van der Waals surface area contributed by atoms with Gasteiger partial charge < -0.3 is 10.1 Å². The molecule has 1 unspecified atom stereocenters. The molecule has 138 valence electrons. The molecule has 2 aliphatic rings. The fraction of sp³-hybridized carbons (Fsp3) is 0.421. The normalized spacial score (nSPS) is 20.8. The van der Waals surface area contributed by atoms with Gasteiger partial charge in [-0.25, -0.2) is 4.79 Å². The molecule has 1 aliphatic heterocycles. The van der Waals surface area contributed by atoms with Crippen LogP contribution in [0.1, 0.15) is 36.9 Å². The van der Waals surface area contributed by atoms with Crippen LogP contribution in [-0.2, 0) is 25.5 Å². The van der Waals surface area contributed by atoms with Gasteiger partial charge in [0.1, 0.15) is 6.54 Å². The van der Waals surface area contributed by atoms with Gasteiger partial charge in [-0.2, -0.15) is 0 Å². The van der Waals surface area contributed by atoms with E-state index < -0.39 is 5.97 Å². The fourth-order valence-electron chi connectivity index (χ4n) is 3.27. The summed E-state index contributed by atoms with van der Waals surface area (Å²) in [5.74, 6) is -0.677. The highest BCUT2D eigenvalue weighted by Gasteiger charge is 2.30. The van der Waals surface area contributed by atoms with Crippen LogP contribution in [0.4, 0.5) is 0 Å². The van der Waals surface area contributed by atoms with E-state index in [4.69, 9.17) is 4.74 Å².